The smallest absolute Gasteiger partial charge is 0.258 e. The Balaban J connectivity index is 2.01. The molecule has 1 heterocycles. The normalized spacial score (nSPS) is 11.8. The van der Waals surface area contributed by atoms with Crippen molar-refractivity contribution >= 4 is 5.91 Å². The van der Waals surface area contributed by atoms with Crippen LogP contribution in [0.4, 0.5) is 0 Å². The van der Waals surface area contributed by atoms with Gasteiger partial charge in [0.2, 0.25) is 0 Å². The van der Waals surface area contributed by atoms with E-state index in [-0.39, 0.29) is 18.6 Å². The summed E-state index contributed by atoms with van der Waals surface area (Å²) in [5.74, 6) is 0.564. The molecular formula is C19H24N2O3. The number of ether oxygens (including phenoxy) is 2. The van der Waals surface area contributed by atoms with Crippen molar-refractivity contribution in [3.05, 3.63) is 58.9 Å². The first-order chi connectivity index (χ1) is 11.5. The average Bonchev–Trinajstić information content (AvgIpc) is 2.59. The van der Waals surface area contributed by atoms with Crippen LogP contribution in [0.25, 0.3) is 0 Å². The fraction of sp³-hybridized carbons (Fsp3) is 0.368. The average molecular weight is 328 g/mol. The zero-order valence-electron chi connectivity index (χ0n) is 14.6. The number of amides is 1. The highest BCUT2D eigenvalue weighted by Gasteiger charge is 2.16. The third-order valence-corrected chi connectivity index (χ3v) is 3.93. The van der Waals surface area contributed by atoms with Crippen LogP contribution >= 0.6 is 0 Å². The zero-order valence-corrected chi connectivity index (χ0v) is 14.6. The summed E-state index contributed by atoms with van der Waals surface area (Å²) in [6.45, 7) is 6.30. The number of methoxy groups -OCH3 is 1. The quantitative estimate of drug-likeness (QED) is 0.849. The van der Waals surface area contributed by atoms with Gasteiger partial charge in [-0.25, -0.2) is 0 Å². The molecule has 5 nitrogen and oxygen atoms in total. The van der Waals surface area contributed by atoms with E-state index in [2.05, 4.69) is 10.3 Å². The third kappa shape index (κ3) is 4.55. The number of rotatable bonds is 7. The molecule has 1 amide bonds. The molecule has 0 aliphatic heterocycles. The number of nitrogens with zero attached hydrogens (tertiary/aromatic N) is 1. The van der Waals surface area contributed by atoms with Gasteiger partial charge >= 0.3 is 0 Å². The van der Waals surface area contributed by atoms with E-state index in [1.54, 1.807) is 13.3 Å². The van der Waals surface area contributed by atoms with Gasteiger partial charge in [0.1, 0.15) is 5.75 Å². The lowest BCUT2D eigenvalue weighted by molar-refractivity contribution is -0.124. The number of aryl methyl sites for hydroxylation is 2. The van der Waals surface area contributed by atoms with E-state index in [1.807, 2.05) is 51.1 Å². The highest BCUT2D eigenvalue weighted by atomic mass is 16.5. The lowest BCUT2D eigenvalue weighted by Gasteiger charge is -2.18. The Morgan fingerprint density at radius 1 is 1.17 bits per heavy atom. The predicted molar refractivity (Wildman–Crippen MR) is 93.1 cm³/mol. The second-order valence-electron chi connectivity index (χ2n) is 5.77. The van der Waals surface area contributed by atoms with Gasteiger partial charge in [0.05, 0.1) is 18.3 Å². The van der Waals surface area contributed by atoms with Gasteiger partial charge in [-0.15, -0.1) is 0 Å². The van der Waals surface area contributed by atoms with Crippen LogP contribution in [-0.4, -0.2) is 31.2 Å². The molecule has 128 valence electrons. The number of carbonyl (C=O) groups excluding carboxylic acids is 1. The number of benzene rings is 1. The molecule has 0 aliphatic carbocycles. The second kappa shape index (κ2) is 8.45. The molecule has 2 rings (SSSR count). The van der Waals surface area contributed by atoms with E-state index >= 15 is 0 Å². The summed E-state index contributed by atoms with van der Waals surface area (Å²) < 4.78 is 10.9. The molecule has 5 heteroatoms. The number of hydrogen-bond acceptors (Lipinski definition) is 4. The van der Waals surface area contributed by atoms with E-state index in [4.69, 9.17) is 9.47 Å². The summed E-state index contributed by atoms with van der Waals surface area (Å²) in [5.41, 5.74) is 3.97. The van der Waals surface area contributed by atoms with Crippen LogP contribution in [0.3, 0.4) is 0 Å². The van der Waals surface area contributed by atoms with Gasteiger partial charge in [-0.05, 0) is 49.6 Å². The van der Waals surface area contributed by atoms with Crippen molar-refractivity contribution in [3.63, 3.8) is 0 Å². The van der Waals surface area contributed by atoms with Crippen LogP contribution < -0.4 is 10.1 Å². The summed E-state index contributed by atoms with van der Waals surface area (Å²) in [6, 6.07) is 9.32. The van der Waals surface area contributed by atoms with Crippen molar-refractivity contribution in [1.82, 2.24) is 10.3 Å². The minimum atomic E-state index is -0.299. The third-order valence-electron chi connectivity index (χ3n) is 3.93. The summed E-state index contributed by atoms with van der Waals surface area (Å²) in [5, 5.41) is 2.91. The monoisotopic (exact) mass is 328 g/mol. The second-order valence-corrected chi connectivity index (χ2v) is 5.77. The summed E-state index contributed by atoms with van der Waals surface area (Å²) in [6.07, 6.45) is 1.69. The number of hydrogen-bond donors (Lipinski definition) is 1. The van der Waals surface area contributed by atoms with E-state index < -0.39 is 0 Å². The molecule has 2 aromatic rings. The molecule has 0 spiro atoms. The van der Waals surface area contributed by atoms with Crippen LogP contribution in [0.2, 0.25) is 0 Å². The fourth-order valence-corrected chi connectivity index (χ4v) is 2.47. The highest BCUT2D eigenvalue weighted by Crippen LogP contribution is 2.25. The lowest BCUT2D eigenvalue weighted by atomic mass is 10.1. The molecule has 0 saturated heterocycles. The number of aromatic nitrogens is 1. The Hall–Kier alpha value is -2.40. The largest absolute Gasteiger partial charge is 0.483 e. The van der Waals surface area contributed by atoms with Crippen molar-refractivity contribution < 1.29 is 14.3 Å². The molecular weight excluding hydrogens is 304 g/mol. The first-order valence-corrected chi connectivity index (χ1v) is 7.91. The van der Waals surface area contributed by atoms with Crippen LogP contribution in [0.5, 0.6) is 5.75 Å². The minimum absolute atomic E-state index is 0.0435. The first kappa shape index (κ1) is 17.9. The van der Waals surface area contributed by atoms with E-state index in [1.165, 1.54) is 0 Å². The maximum absolute atomic E-state index is 12.3. The molecule has 0 saturated carbocycles. The van der Waals surface area contributed by atoms with Gasteiger partial charge in [0.25, 0.3) is 5.91 Å². The Labute approximate surface area is 143 Å². The standard InChI is InChI=1S/C19H24N2O3/c1-13-8-9-14(2)19(15(13)3)24-12-18(22)21-17(11-23-4)16-7-5-6-10-20-16/h5-10,17H,11-12H2,1-4H3,(H,21,22)/t17-/m1/s1. The van der Waals surface area contributed by atoms with Gasteiger partial charge in [0, 0.05) is 13.3 Å². The van der Waals surface area contributed by atoms with Crippen LogP contribution in [0.1, 0.15) is 28.4 Å². The zero-order chi connectivity index (χ0) is 17.5. The topological polar surface area (TPSA) is 60.5 Å². The fourth-order valence-electron chi connectivity index (χ4n) is 2.47. The molecule has 0 radical (unpaired) electrons. The minimum Gasteiger partial charge on any atom is -0.483 e. The molecule has 1 aromatic heterocycles. The number of nitrogens with one attached hydrogen (secondary N) is 1. The van der Waals surface area contributed by atoms with Crippen molar-refractivity contribution in [2.75, 3.05) is 20.3 Å². The predicted octanol–water partition coefficient (Wildman–Crippen LogP) is 2.89. The van der Waals surface area contributed by atoms with Crippen molar-refractivity contribution in [1.29, 1.82) is 0 Å². The highest BCUT2D eigenvalue weighted by molar-refractivity contribution is 5.78. The van der Waals surface area contributed by atoms with Crippen LogP contribution in [-0.2, 0) is 9.53 Å². The SMILES string of the molecule is COC[C@@H](NC(=O)COc1c(C)ccc(C)c1C)c1ccccn1. The summed E-state index contributed by atoms with van der Waals surface area (Å²) >= 11 is 0. The lowest BCUT2D eigenvalue weighted by Crippen LogP contribution is -2.35. The van der Waals surface area contributed by atoms with Crippen LogP contribution in [0, 0.1) is 20.8 Å². The van der Waals surface area contributed by atoms with Crippen molar-refractivity contribution in [2.45, 2.75) is 26.8 Å². The van der Waals surface area contributed by atoms with Gasteiger partial charge < -0.3 is 14.8 Å². The van der Waals surface area contributed by atoms with Gasteiger partial charge in [-0.2, -0.15) is 0 Å². The van der Waals surface area contributed by atoms with Gasteiger partial charge in [-0.3, -0.25) is 9.78 Å². The number of pyridine rings is 1. The van der Waals surface area contributed by atoms with E-state index in [9.17, 15) is 4.79 Å². The Morgan fingerprint density at radius 3 is 2.58 bits per heavy atom. The van der Waals surface area contributed by atoms with Gasteiger partial charge in [0.15, 0.2) is 6.61 Å². The van der Waals surface area contributed by atoms with E-state index in [0.29, 0.717) is 6.61 Å². The molecule has 1 N–H and O–H groups in total. The molecule has 0 bridgehead atoms. The molecule has 1 atom stereocenters. The Kier molecular flexibility index (Phi) is 6.32. The number of carbonyl (C=O) groups is 1. The van der Waals surface area contributed by atoms with Crippen molar-refractivity contribution in [2.24, 2.45) is 0 Å². The molecule has 0 unspecified atom stereocenters. The Morgan fingerprint density at radius 2 is 1.92 bits per heavy atom. The molecule has 0 fully saturated rings. The first-order valence-electron chi connectivity index (χ1n) is 7.91. The van der Waals surface area contributed by atoms with Crippen molar-refractivity contribution in [3.8, 4) is 5.75 Å². The maximum atomic E-state index is 12.3. The molecule has 24 heavy (non-hydrogen) atoms. The van der Waals surface area contributed by atoms with Crippen LogP contribution in [0.15, 0.2) is 36.5 Å². The maximum Gasteiger partial charge on any atom is 0.258 e. The molecule has 1 aromatic carbocycles. The summed E-state index contributed by atoms with van der Waals surface area (Å²) in [7, 11) is 1.60. The Bertz CT molecular complexity index is 687. The van der Waals surface area contributed by atoms with E-state index in [0.717, 1.165) is 28.1 Å². The molecule has 0 aliphatic rings. The summed E-state index contributed by atoms with van der Waals surface area (Å²) in [4.78, 5) is 16.5. The van der Waals surface area contributed by atoms with Gasteiger partial charge in [-0.1, -0.05) is 18.2 Å².